The van der Waals surface area contributed by atoms with Gasteiger partial charge in [0.05, 0.1) is 16.6 Å². The van der Waals surface area contributed by atoms with E-state index in [1.54, 1.807) is 30.3 Å². The molecular formula is C25H24BrN3O4S. The van der Waals surface area contributed by atoms with Crippen molar-refractivity contribution in [2.75, 3.05) is 13.2 Å². The molecule has 2 amide bonds. The number of halogens is 1. The second-order valence-corrected chi connectivity index (χ2v) is 8.52. The number of carbonyl (C=O) groups excluding carboxylic acids is 2. The van der Waals surface area contributed by atoms with Crippen molar-refractivity contribution in [3.8, 4) is 11.5 Å². The van der Waals surface area contributed by atoms with Crippen LogP contribution in [0.15, 0.2) is 77.3 Å². The lowest BCUT2D eigenvalue weighted by molar-refractivity contribution is -0.123. The van der Waals surface area contributed by atoms with Crippen molar-refractivity contribution in [2.45, 2.75) is 13.3 Å². The van der Waals surface area contributed by atoms with Gasteiger partial charge in [0.1, 0.15) is 11.5 Å². The van der Waals surface area contributed by atoms with Gasteiger partial charge in [0.2, 0.25) is 0 Å². The molecule has 3 N–H and O–H groups in total. The predicted molar refractivity (Wildman–Crippen MR) is 138 cm³/mol. The third-order valence-electron chi connectivity index (χ3n) is 4.61. The van der Waals surface area contributed by atoms with E-state index in [4.69, 9.17) is 21.7 Å². The van der Waals surface area contributed by atoms with Crippen LogP contribution in [0.5, 0.6) is 11.5 Å². The average Bonchev–Trinajstić information content (AvgIpc) is 2.83. The van der Waals surface area contributed by atoms with E-state index in [1.807, 2.05) is 49.4 Å². The summed E-state index contributed by atoms with van der Waals surface area (Å²) in [5.74, 6) is 0.0657. The monoisotopic (exact) mass is 541 g/mol. The first-order valence-electron chi connectivity index (χ1n) is 10.5. The Morgan fingerprint density at radius 1 is 0.912 bits per heavy atom. The molecule has 0 aliphatic rings. The van der Waals surface area contributed by atoms with Crippen molar-refractivity contribution in [2.24, 2.45) is 0 Å². The van der Waals surface area contributed by atoms with E-state index in [-0.39, 0.29) is 11.7 Å². The summed E-state index contributed by atoms with van der Waals surface area (Å²) in [6, 6.07) is 22.4. The van der Waals surface area contributed by atoms with Crippen LogP contribution in [0.1, 0.15) is 21.5 Å². The maximum absolute atomic E-state index is 12.7. The zero-order valence-corrected chi connectivity index (χ0v) is 20.9. The smallest absolute Gasteiger partial charge is 0.276 e. The highest BCUT2D eigenvalue weighted by Crippen LogP contribution is 2.25. The number of hydrogen-bond donors (Lipinski definition) is 3. The molecule has 3 aromatic carbocycles. The summed E-state index contributed by atoms with van der Waals surface area (Å²) < 4.78 is 12.0. The van der Waals surface area contributed by atoms with E-state index >= 15 is 0 Å². The van der Waals surface area contributed by atoms with Gasteiger partial charge in [-0.3, -0.25) is 25.8 Å². The lowest BCUT2D eigenvalue weighted by Crippen LogP contribution is -2.49. The first-order valence-corrected chi connectivity index (χ1v) is 11.7. The first kappa shape index (κ1) is 25.2. The molecule has 0 radical (unpaired) electrons. The van der Waals surface area contributed by atoms with Gasteiger partial charge in [-0.15, -0.1) is 0 Å². The van der Waals surface area contributed by atoms with Crippen LogP contribution in [-0.2, 0) is 11.2 Å². The van der Waals surface area contributed by atoms with Gasteiger partial charge < -0.3 is 9.47 Å². The van der Waals surface area contributed by atoms with Crippen LogP contribution >= 0.6 is 28.1 Å². The standard InChI is InChI=1S/C25H24BrN3O4S/c1-17-11-12-22(20(26)15-17)33-16-23(30)28-29-25(34)27-24(31)19-9-5-6-10-21(19)32-14-13-18-7-3-2-4-8-18/h2-12,15H,13-14,16H2,1H3,(H,28,30)(H2,27,29,31,34). The van der Waals surface area contributed by atoms with Crippen molar-refractivity contribution in [1.82, 2.24) is 16.2 Å². The van der Waals surface area contributed by atoms with E-state index in [9.17, 15) is 9.59 Å². The highest BCUT2D eigenvalue weighted by atomic mass is 79.9. The zero-order valence-electron chi connectivity index (χ0n) is 18.5. The first-order chi connectivity index (χ1) is 16.4. The Morgan fingerprint density at radius 3 is 2.41 bits per heavy atom. The van der Waals surface area contributed by atoms with Gasteiger partial charge in [-0.1, -0.05) is 48.5 Å². The summed E-state index contributed by atoms with van der Waals surface area (Å²) in [5, 5.41) is 2.47. The summed E-state index contributed by atoms with van der Waals surface area (Å²) >= 11 is 8.50. The summed E-state index contributed by atoms with van der Waals surface area (Å²) in [7, 11) is 0. The lowest BCUT2D eigenvalue weighted by Gasteiger charge is -2.14. The fourth-order valence-corrected chi connectivity index (χ4v) is 3.69. The molecule has 0 heterocycles. The number of ether oxygens (including phenoxy) is 2. The molecule has 0 aliphatic heterocycles. The van der Waals surface area contributed by atoms with Crippen LogP contribution < -0.4 is 25.6 Å². The zero-order chi connectivity index (χ0) is 24.3. The minimum absolute atomic E-state index is 0.0612. The number of thiocarbonyl (C=S) groups is 1. The van der Waals surface area contributed by atoms with E-state index in [0.717, 1.165) is 15.6 Å². The Morgan fingerprint density at radius 2 is 1.65 bits per heavy atom. The maximum atomic E-state index is 12.7. The molecule has 34 heavy (non-hydrogen) atoms. The van der Waals surface area contributed by atoms with Gasteiger partial charge in [0.15, 0.2) is 11.7 Å². The largest absolute Gasteiger partial charge is 0.492 e. The molecule has 176 valence electrons. The van der Waals surface area contributed by atoms with Crippen LogP contribution in [0.4, 0.5) is 0 Å². The van der Waals surface area contributed by atoms with Crippen molar-refractivity contribution < 1.29 is 19.1 Å². The van der Waals surface area contributed by atoms with Crippen molar-refractivity contribution in [1.29, 1.82) is 0 Å². The molecule has 0 spiro atoms. The molecule has 9 heteroatoms. The highest BCUT2D eigenvalue weighted by molar-refractivity contribution is 9.10. The Bertz CT molecular complexity index is 1160. The topological polar surface area (TPSA) is 88.7 Å². The van der Waals surface area contributed by atoms with Crippen LogP contribution in [0.3, 0.4) is 0 Å². The third-order valence-corrected chi connectivity index (χ3v) is 5.44. The SMILES string of the molecule is Cc1ccc(OCC(=O)NNC(=S)NC(=O)c2ccccc2OCCc2ccccc2)c(Br)c1. The molecule has 7 nitrogen and oxygen atoms in total. The van der Waals surface area contributed by atoms with Gasteiger partial charge in [0, 0.05) is 6.42 Å². The van der Waals surface area contributed by atoms with Gasteiger partial charge in [-0.25, -0.2) is 0 Å². The molecule has 0 aliphatic carbocycles. The van der Waals surface area contributed by atoms with E-state index in [2.05, 4.69) is 32.1 Å². The number of rotatable bonds is 8. The minimum atomic E-state index is -0.464. The molecule has 0 fully saturated rings. The van der Waals surface area contributed by atoms with E-state index < -0.39 is 11.8 Å². The number of nitrogens with one attached hydrogen (secondary N) is 3. The maximum Gasteiger partial charge on any atom is 0.276 e. The van der Waals surface area contributed by atoms with E-state index in [1.165, 1.54) is 0 Å². The third kappa shape index (κ3) is 7.86. The quantitative estimate of drug-likeness (QED) is 0.294. The van der Waals surface area contributed by atoms with Crippen molar-refractivity contribution in [3.05, 3.63) is 94.0 Å². The molecule has 3 rings (SSSR count). The molecule has 3 aromatic rings. The molecule has 0 unspecified atom stereocenters. The number of amides is 2. The summed E-state index contributed by atoms with van der Waals surface area (Å²) in [5.41, 5.74) is 7.42. The average molecular weight is 542 g/mol. The second kappa shape index (κ2) is 12.7. The Kier molecular flexibility index (Phi) is 9.42. The molecule has 0 saturated heterocycles. The van der Waals surface area contributed by atoms with Gasteiger partial charge in [0.25, 0.3) is 11.8 Å². The second-order valence-electron chi connectivity index (χ2n) is 7.26. The van der Waals surface area contributed by atoms with Gasteiger partial charge >= 0.3 is 0 Å². The summed E-state index contributed by atoms with van der Waals surface area (Å²) in [4.78, 5) is 24.7. The van der Waals surface area contributed by atoms with Gasteiger partial charge in [-0.2, -0.15) is 0 Å². The molecule has 0 saturated carbocycles. The fourth-order valence-electron chi connectivity index (χ4n) is 2.93. The molecule has 0 aromatic heterocycles. The van der Waals surface area contributed by atoms with Crippen LogP contribution in [-0.4, -0.2) is 30.1 Å². The fraction of sp³-hybridized carbons (Fsp3) is 0.160. The minimum Gasteiger partial charge on any atom is -0.492 e. The number of hydrogen-bond acceptors (Lipinski definition) is 5. The Balaban J connectivity index is 1.44. The summed E-state index contributed by atoms with van der Waals surface area (Å²) in [6.45, 7) is 2.14. The molecule has 0 atom stereocenters. The van der Waals surface area contributed by atoms with Crippen LogP contribution in [0.2, 0.25) is 0 Å². The Hall–Kier alpha value is -3.43. The number of hydrazine groups is 1. The number of para-hydroxylation sites is 1. The van der Waals surface area contributed by atoms with Gasteiger partial charge in [-0.05, 0) is 70.5 Å². The van der Waals surface area contributed by atoms with Crippen LogP contribution in [0, 0.1) is 6.92 Å². The van der Waals surface area contributed by atoms with E-state index in [0.29, 0.717) is 30.1 Å². The number of carbonyl (C=O) groups is 2. The summed E-state index contributed by atoms with van der Waals surface area (Å²) in [6.07, 6.45) is 0.712. The number of aryl methyl sites for hydroxylation is 1. The highest BCUT2D eigenvalue weighted by Gasteiger charge is 2.14. The Labute approximate surface area is 211 Å². The molecule has 0 bridgehead atoms. The van der Waals surface area contributed by atoms with Crippen molar-refractivity contribution in [3.63, 3.8) is 0 Å². The lowest BCUT2D eigenvalue weighted by atomic mass is 10.1. The van der Waals surface area contributed by atoms with Crippen molar-refractivity contribution >= 4 is 45.1 Å². The molecular weight excluding hydrogens is 518 g/mol. The predicted octanol–water partition coefficient (Wildman–Crippen LogP) is 4.09. The van der Waals surface area contributed by atoms with Crippen LogP contribution in [0.25, 0.3) is 0 Å². The number of benzene rings is 3. The normalized spacial score (nSPS) is 10.2.